The molecule has 0 fully saturated rings. The van der Waals surface area contributed by atoms with Crippen molar-refractivity contribution in [2.75, 3.05) is 13.7 Å². The third-order valence-electron chi connectivity index (χ3n) is 4.84. The van der Waals surface area contributed by atoms with Crippen LogP contribution >= 0.6 is 0 Å². The van der Waals surface area contributed by atoms with Gasteiger partial charge in [-0.25, -0.2) is 9.97 Å². The number of nitrogens with zero attached hydrogens (tertiary/aromatic N) is 3. The van der Waals surface area contributed by atoms with Crippen LogP contribution in [0.1, 0.15) is 11.6 Å². The van der Waals surface area contributed by atoms with Gasteiger partial charge in [0.2, 0.25) is 5.78 Å². The number of hydrogen-bond donors (Lipinski definition) is 1. The maximum Gasteiger partial charge on any atom is 0.235 e. The van der Waals surface area contributed by atoms with Gasteiger partial charge in [0.1, 0.15) is 12.4 Å². The monoisotopic (exact) mass is 358 g/mol. The molecule has 6 heteroatoms. The largest absolute Gasteiger partial charge is 0.494 e. The fourth-order valence-corrected chi connectivity index (χ4v) is 3.48. The average Bonchev–Trinajstić information content (AvgIpc) is 3.28. The van der Waals surface area contributed by atoms with E-state index in [1.807, 2.05) is 47.0 Å². The van der Waals surface area contributed by atoms with Gasteiger partial charge in [0.15, 0.2) is 5.75 Å². The van der Waals surface area contributed by atoms with Gasteiger partial charge in [0.25, 0.3) is 0 Å². The molecule has 2 aromatic heterocycles. The van der Waals surface area contributed by atoms with E-state index in [-0.39, 0.29) is 6.04 Å². The molecular formula is C21H18N4O2. The SMILES string of the molecule is COc1cnc2nc(-c3ccc4c(c3)OC[C@@H]4N)c(-c3ccccc3)n2c1. The van der Waals surface area contributed by atoms with Gasteiger partial charge in [-0.05, 0) is 6.07 Å². The van der Waals surface area contributed by atoms with E-state index in [4.69, 9.17) is 20.2 Å². The van der Waals surface area contributed by atoms with E-state index in [2.05, 4.69) is 17.1 Å². The summed E-state index contributed by atoms with van der Waals surface area (Å²) in [7, 11) is 1.63. The molecule has 0 aliphatic carbocycles. The first-order valence-electron chi connectivity index (χ1n) is 8.75. The Kier molecular flexibility index (Phi) is 3.58. The highest BCUT2D eigenvalue weighted by Crippen LogP contribution is 2.38. The Bertz CT molecular complexity index is 1140. The molecule has 2 N–H and O–H groups in total. The Hall–Kier alpha value is -3.38. The van der Waals surface area contributed by atoms with Crippen LogP contribution in [0.4, 0.5) is 0 Å². The van der Waals surface area contributed by atoms with Crippen LogP contribution in [0.5, 0.6) is 11.5 Å². The zero-order chi connectivity index (χ0) is 18.4. The molecule has 0 saturated heterocycles. The number of rotatable bonds is 3. The van der Waals surface area contributed by atoms with Gasteiger partial charge < -0.3 is 15.2 Å². The predicted octanol–water partition coefficient (Wildman–Crippen LogP) is 3.46. The second-order valence-electron chi connectivity index (χ2n) is 6.51. The van der Waals surface area contributed by atoms with E-state index >= 15 is 0 Å². The number of imidazole rings is 1. The van der Waals surface area contributed by atoms with Crippen molar-refractivity contribution in [1.82, 2.24) is 14.4 Å². The first kappa shape index (κ1) is 15.8. The molecular weight excluding hydrogens is 340 g/mol. The Balaban J connectivity index is 1.77. The van der Waals surface area contributed by atoms with Gasteiger partial charge in [0.05, 0.1) is 36.9 Å². The molecule has 1 aliphatic heterocycles. The quantitative estimate of drug-likeness (QED) is 0.607. The first-order chi connectivity index (χ1) is 13.2. The van der Waals surface area contributed by atoms with E-state index in [1.54, 1.807) is 13.3 Å². The van der Waals surface area contributed by atoms with Gasteiger partial charge in [-0.2, -0.15) is 0 Å². The van der Waals surface area contributed by atoms with Crippen LogP contribution in [0.2, 0.25) is 0 Å². The summed E-state index contributed by atoms with van der Waals surface area (Å²) in [6, 6.07) is 16.1. The molecule has 6 nitrogen and oxygen atoms in total. The normalized spacial score (nSPS) is 15.6. The van der Waals surface area contributed by atoms with E-state index < -0.39 is 0 Å². The lowest BCUT2D eigenvalue weighted by Gasteiger charge is -2.08. The van der Waals surface area contributed by atoms with E-state index in [9.17, 15) is 0 Å². The van der Waals surface area contributed by atoms with Crippen molar-refractivity contribution >= 4 is 5.78 Å². The molecule has 4 aromatic rings. The third-order valence-corrected chi connectivity index (χ3v) is 4.84. The lowest BCUT2D eigenvalue weighted by molar-refractivity contribution is 0.333. The highest BCUT2D eigenvalue weighted by atomic mass is 16.5. The van der Waals surface area contributed by atoms with Gasteiger partial charge in [-0.1, -0.05) is 42.5 Å². The molecule has 0 radical (unpaired) electrons. The van der Waals surface area contributed by atoms with Crippen LogP contribution in [0.15, 0.2) is 60.9 Å². The lowest BCUT2D eigenvalue weighted by Crippen LogP contribution is -2.10. The number of fused-ring (bicyclic) bond motifs is 2. The molecule has 0 unspecified atom stereocenters. The Labute approximate surface area is 156 Å². The highest BCUT2D eigenvalue weighted by Gasteiger charge is 2.23. The Morgan fingerprint density at radius 3 is 2.81 bits per heavy atom. The second-order valence-corrected chi connectivity index (χ2v) is 6.51. The fourth-order valence-electron chi connectivity index (χ4n) is 3.48. The lowest BCUT2D eigenvalue weighted by atomic mass is 10.0. The minimum Gasteiger partial charge on any atom is -0.494 e. The van der Waals surface area contributed by atoms with E-state index in [0.717, 1.165) is 33.8 Å². The summed E-state index contributed by atoms with van der Waals surface area (Å²) in [6.07, 6.45) is 3.58. The van der Waals surface area contributed by atoms with Crippen LogP contribution in [-0.4, -0.2) is 28.1 Å². The summed E-state index contributed by atoms with van der Waals surface area (Å²) < 4.78 is 13.1. The van der Waals surface area contributed by atoms with E-state index in [0.29, 0.717) is 18.1 Å². The van der Waals surface area contributed by atoms with Crippen molar-refractivity contribution in [3.8, 4) is 34.0 Å². The molecule has 0 amide bonds. The molecule has 5 rings (SSSR count). The molecule has 1 aliphatic rings. The topological polar surface area (TPSA) is 74.7 Å². The van der Waals surface area contributed by atoms with Gasteiger partial charge in [-0.3, -0.25) is 4.40 Å². The Morgan fingerprint density at radius 2 is 2.00 bits per heavy atom. The first-order valence-corrected chi connectivity index (χ1v) is 8.75. The minimum absolute atomic E-state index is 0.0744. The molecule has 134 valence electrons. The van der Waals surface area contributed by atoms with Crippen LogP contribution in [0, 0.1) is 0 Å². The maximum absolute atomic E-state index is 6.08. The summed E-state index contributed by atoms with van der Waals surface area (Å²) in [6.45, 7) is 0.508. The Morgan fingerprint density at radius 1 is 1.15 bits per heavy atom. The average molecular weight is 358 g/mol. The summed E-state index contributed by atoms with van der Waals surface area (Å²) in [5, 5.41) is 0. The standard InChI is InChI=1S/C21H18N4O2/c1-26-15-10-23-21-24-19(14-7-8-16-17(22)12-27-18(16)9-14)20(25(21)11-15)13-5-3-2-4-6-13/h2-11,17H,12,22H2,1H3/t17-/m0/s1. The minimum atomic E-state index is -0.0744. The van der Waals surface area contributed by atoms with Crippen molar-refractivity contribution in [1.29, 1.82) is 0 Å². The zero-order valence-corrected chi connectivity index (χ0v) is 14.8. The molecule has 27 heavy (non-hydrogen) atoms. The number of aromatic nitrogens is 3. The second kappa shape index (κ2) is 6.10. The van der Waals surface area contributed by atoms with Crippen LogP contribution in [0.25, 0.3) is 28.3 Å². The number of methoxy groups -OCH3 is 1. The number of nitrogens with two attached hydrogens (primary N) is 1. The van der Waals surface area contributed by atoms with Crippen molar-refractivity contribution in [2.24, 2.45) is 5.73 Å². The smallest absolute Gasteiger partial charge is 0.235 e. The van der Waals surface area contributed by atoms with Crippen molar-refractivity contribution < 1.29 is 9.47 Å². The summed E-state index contributed by atoms with van der Waals surface area (Å²) in [5.41, 5.74) is 10.9. The number of hydrogen-bond acceptors (Lipinski definition) is 5. The molecule has 2 aromatic carbocycles. The molecule has 0 saturated carbocycles. The molecule has 0 spiro atoms. The molecule has 1 atom stereocenters. The highest BCUT2D eigenvalue weighted by molar-refractivity contribution is 5.82. The van der Waals surface area contributed by atoms with Crippen LogP contribution in [-0.2, 0) is 0 Å². The van der Waals surface area contributed by atoms with Gasteiger partial charge >= 0.3 is 0 Å². The molecule has 3 heterocycles. The van der Waals surface area contributed by atoms with Crippen molar-refractivity contribution in [3.63, 3.8) is 0 Å². The summed E-state index contributed by atoms with van der Waals surface area (Å²) in [4.78, 5) is 9.23. The predicted molar refractivity (Wildman–Crippen MR) is 103 cm³/mol. The van der Waals surface area contributed by atoms with Crippen molar-refractivity contribution in [2.45, 2.75) is 6.04 Å². The molecule has 0 bridgehead atoms. The number of ether oxygens (including phenoxy) is 2. The summed E-state index contributed by atoms with van der Waals surface area (Å²) in [5.74, 6) is 2.11. The van der Waals surface area contributed by atoms with Crippen molar-refractivity contribution in [3.05, 3.63) is 66.5 Å². The zero-order valence-electron chi connectivity index (χ0n) is 14.8. The van der Waals surface area contributed by atoms with Gasteiger partial charge in [-0.15, -0.1) is 0 Å². The van der Waals surface area contributed by atoms with Crippen LogP contribution in [0.3, 0.4) is 0 Å². The summed E-state index contributed by atoms with van der Waals surface area (Å²) >= 11 is 0. The third kappa shape index (κ3) is 2.53. The van der Waals surface area contributed by atoms with Gasteiger partial charge in [0, 0.05) is 16.7 Å². The maximum atomic E-state index is 6.08. The number of benzene rings is 2. The fraction of sp³-hybridized carbons (Fsp3) is 0.143. The van der Waals surface area contributed by atoms with E-state index in [1.165, 1.54) is 0 Å². The van der Waals surface area contributed by atoms with Crippen LogP contribution < -0.4 is 15.2 Å².